The zero-order valence-corrected chi connectivity index (χ0v) is 13.2. The van der Waals surface area contributed by atoms with Crippen LogP contribution in [0.5, 0.6) is 0 Å². The molecule has 5 heteroatoms. The van der Waals surface area contributed by atoms with Crippen molar-refractivity contribution in [3.63, 3.8) is 0 Å². The summed E-state index contributed by atoms with van der Waals surface area (Å²) < 4.78 is 0. The van der Waals surface area contributed by atoms with Crippen LogP contribution in [0.2, 0.25) is 0 Å². The second kappa shape index (κ2) is 8.62. The number of hydrogen-bond donors (Lipinski definition) is 1. The molecule has 1 N–H and O–H groups in total. The standard InChI is InChI=1S/C19H19NO4/c21-17(19(23)24)13-18(22)20(14-16-9-5-2-6-10-16)12-11-15-7-3-1-4-8-15/h1-10H,11-14H2,(H,23,24). The average molecular weight is 325 g/mol. The summed E-state index contributed by atoms with van der Waals surface area (Å²) in [6.07, 6.45) is 0.0254. The molecule has 24 heavy (non-hydrogen) atoms. The Balaban J connectivity index is 2.06. The SMILES string of the molecule is O=C(O)C(=O)CC(=O)N(CCc1ccccc1)Cc1ccccc1. The lowest BCUT2D eigenvalue weighted by Gasteiger charge is -2.22. The number of benzene rings is 2. The van der Waals surface area contributed by atoms with Crippen molar-refractivity contribution in [1.82, 2.24) is 4.90 Å². The minimum atomic E-state index is -1.58. The Kier molecular flexibility index (Phi) is 6.25. The molecule has 0 heterocycles. The van der Waals surface area contributed by atoms with E-state index in [2.05, 4.69) is 0 Å². The van der Waals surface area contributed by atoms with Crippen molar-refractivity contribution in [2.75, 3.05) is 6.54 Å². The van der Waals surface area contributed by atoms with E-state index in [1.165, 1.54) is 4.90 Å². The minimum Gasteiger partial charge on any atom is -0.475 e. The molecule has 0 atom stereocenters. The molecular formula is C19H19NO4. The largest absolute Gasteiger partial charge is 0.475 e. The highest BCUT2D eigenvalue weighted by molar-refractivity contribution is 6.36. The molecule has 0 aliphatic carbocycles. The van der Waals surface area contributed by atoms with Crippen LogP contribution in [-0.4, -0.2) is 34.2 Å². The molecule has 0 unspecified atom stereocenters. The summed E-state index contributed by atoms with van der Waals surface area (Å²) in [5, 5.41) is 8.69. The number of amides is 1. The number of nitrogens with zero attached hydrogens (tertiary/aromatic N) is 1. The maximum atomic E-state index is 12.3. The third-order valence-electron chi connectivity index (χ3n) is 3.63. The molecule has 0 aliphatic rings. The summed E-state index contributed by atoms with van der Waals surface area (Å²) in [6, 6.07) is 19.1. The predicted molar refractivity (Wildman–Crippen MR) is 89.3 cm³/mol. The fraction of sp³-hybridized carbons (Fsp3) is 0.211. The normalized spacial score (nSPS) is 10.2. The first-order valence-electron chi connectivity index (χ1n) is 7.68. The minimum absolute atomic E-state index is 0.347. The molecule has 0 aromatic heterocycles. The lowest BCUT2D eigenvalue weighted by Crippen LogP contribution is -2.35. The maximum Gasteiger partial charge on any atom is 0.372 e. The Labute approximate surface area is 140 Å². The molecule has 0 saturated heterocycles. The van der Waals surface area contributed by atoms with E-state index in [4.69, 9.17) is 5.11 Å². The van der Waals surface area contributed by atoms with Crippen molar-refractivity contribution in [2.24, 2.45) is 0 Å². The average Bonchev–Trinajstić information content (AvgIpc) is 2.60. The number of carboxylic acid groups (broad SMARTS) is 1. The number of hydrogen-bond acceptors (Lipinski definition) is 3. The highest BCUT2D eigenvalue weighted by Crippen LogP contribution is 2.09. The van der Waals surface area contributed by atoms with Crippen LogP contribution in [0.3, 0.4) is 0 Å². The molecule has 0 spiro atoms. The number of carbonyl (C=O) groups is 3. The quantitative estimate of drug-likeness (QED) is 0.597. The van der Waals surface area contributed by atoms with Crippen LogP contribution in [0.4, 0.5) is 0 Å². The van der Waals surface area contributed by atoms with Crippen molar-refractivity contribution in [1.29, 1.82) is 0 Å². The third-order valence-corrected chi connectivity index (χ3v) is 3.63. The van der Waals surface area contributed by atoms with Gasteiger partial charge in [-0.3, -0.25) is 9.59 Å². The van der Waals surface area contributed by atoms with Gasteiger partial charge in [-0.2, -0.15) is 0 Å². The van der Waals surface area contributed by atoms with Gasteiger partial charge in [-0.1, -0.05) is 60.7 Å². The van der Waals surface area contributed by atoms with Crippen molar-refractivity contribution in [3.05, 3.63) is 71.8 Å². The first kappa shape index (κ1) is 17.4. The summed E-state index contributed by atoms with van der Waals surface area (Å²) in [4.78, 5) is 35.9. The highest BCUT2D eigenvalue weighted by Gasteiger charge is 2.21. The van der Waals surface area contributed by atoms with Gasteiger partial charge in [0, 0.05) is 13.1 Å². The van der Waals surface area contributed by atoms with Gasteiger partial charge in [0.1, 0.15) is 0 Å². The number of Topliss-reactive ketones (excluding diaryl/α,β-unsaturated/α-hetero) is 1. The molecule has 1 amide bonds. The van der Waals surface area contributed by atoms with Crippen LogP contribution < -0.4 is 0 Å². The zero-order chi connectivity index (χ0) is 17.4. The van der Waals surface area contributed by atoms with Gasteiger partial charge < -0.3 is 10.0 Å². The van der Waals surface area contributed by atoms with Crippen LogP contribution in [0.1, 0.15) is 17.5 Å². The molecule has 2 aromatic carbocycles. The summed E-state index contributed by atoms with van der Waals surface area (Å²) in [5.74, 6) is -3.13. The molecule has 124 valence electrons. The monoisotopic (exact) mass is 325 g/mol. The van der Waals surface area contributed by atoms with E-state index in [1.807, 2.05) is 60.7 Å². The second-order valence-corrected chi connectivity index (χ2v) is 5.44. The van der Waals surface area contributed by atoms with Crippen molar-refractivity contribution >= 4 is 17.7 Å². The Hall–Kier alpha value is -2.95. The zero-order valence-electron chi connectivity index (χ0n) is 13.2. The Morgan fingerprint density at radius 2 is 1.38 bits per heavy atom. The second-order valence-electron chi connectivity index (χ2n) is 5.44. The van der Waals surface area contributed by atoms with E-state index in [0.29, 0.717) is 19.5 Å². The first-order chi connectivity index (χ1) is 11.6. The van der Waals surface area contributed by atoms with Crippen molar-refractivity contribution < 1.29 is 19.5 Å². The fourth-order valence-corrected chi connectivity index (χ4v) is 2.33. The first-order valence-corrected chi connectivity index (χ1v) is 7.68. The van der Waals surface area contributed by atoms with Crippen LogP contribution >= 0.6 is 0 Å². The molecule has 2 aromatic rings. The van der Waals surface area contributed by atoms with Gasteiger partial charge in [0.25, 0.3) is 0 Å². The molecule has 5 nitrogen and oxygen atoms in total. The van der Waals surface area contributed by atoms with E-state index in [-0.39, 0.29) is 0 Å². The van der Waals surface area contributed by atoms with Crippen molar-refractivity contribution in [2.45, 2.75) is 19.4 Å². The number of carbonyl (C=O) groups excluding carboxylic acids is 2. The van der Waals surface area contributed by atoms with E-state index in [1.54, 1.807) is 0 Å². The van der Waals surface area contributed by atoms with E-state index >= 15 is 0 Å². The van der Waals surface area contributed by atoms with E-state index < -0.39 is 24.1 Å². The lowest BCUT2D eigenvalue weighted by atomic mass is 10.1. The Bertz CT molecular complexity index is 698. The lowest BCUT2D eigenvalue weighted by molar-refractivity contribution is -0.151. The van der Waals surface area contributed by atoms with Gasteiger partial charge in [0.2, 0.25) is 11.7 Å². The molecule has 0 saturated carbocycles. The summed E-state index contributed by atoms with van der Waals surface area (Å²) >= 11 is 0. The summed E-state index contributed by atoms with van der Waals surface area (Å²) in [6.45, 7) is 0.768. The molecular weight excluding hydrogens is 306 g/mol. The molecule has 2 rings (SSSR count). The Morgan fingerprint density at radius 3 is 1.92 bits per heavy atom. The van der Waals surface area contributed by atoms with Gasteiger partial charge in [0.05, 0.1) is 6.42 Å². The van der Waals surface area contributed by atoms with Crippen LogP contribution in [-0.2, 0) is 27.3 Å². The van der Waals surface area contributed by atoms with Crippen molar-refractivity contribution in [3.8, 4) is 0 Å². The molecule has 0 fully saturated rings. The summed E-state index contributed by atoms with van der Waals surface area (Å²) in [7, 11) is 0. The number of aliphatic carboxylic acids is 1. The highest BCUT2D eigenvalue weighted by atomic mass is 16.4. The molecule has 0 bridgehead atoms. The molecule has 0 aliphatic heterocycles. The van der Waals surface area contributed by atoms with Crippen LogP contribution in [0.15, 0.2) is 60.7 Å². The number of rotatable bonds is 8. The van der Waals surface area contributed by atoms with Crippen LogP contribution in [0.25, 0.3) is 0 Å². The van der Waals surface area contributed by atoms with Gasteiger partial charge in [-0.15, -0.1) is 0 Å². The number of carboxylic acids is 1. The Morgan fingerprint density at radius 1 is 0.833 bits per heavy atom. The fourth-order valence-electron chi connectivity index (χ4n) is 2.33. The van der Waals surface area contributed by atoms with Gasteiger partial charge in [-0.05, 0) is 17.5 Å². The molecule has 0 radical (unpaired) electrons. The topological polar surface area (TPSA) is 74.7 Å². The van der Waals surface area contributed by atoms with Gasteiger partial charge in [0.15, 0.2) is 0 Å². The van der Waals surface area contributed by atoms with E-state index in [9.17, 15) is 14.4 Å². The van der Waals surface area contributed by atoms with E-state index in [0.717, 1.165) is 11.1 Å². The maximum absolute atomic E-state index is 12.3. The van der Waals surface area contributed by atoms with Gasteiger partial charge in [-0.25, -0.2) is 4.79 Å². The number of ketones is 1. The van der Waals surface area contributed by atoms with Gasteiger partial charge >= 0.3 is 5.97 Å². The predicted octanol–water partition coefficient (Wildman–Crippen LogP) is 2.30. The third kappa shape index (κ3) is 5.35. The summed E-state index contributed by atoms with van der Waals surface area (Å²) in [5.41, 5.74) is 2.01. The smallest absolute Gasteiger partial charge is 0.372 e. The van der Waals surface area contributed by atoms with Crippen LogP contribution in [0, 0.1) is 0 Å².